The Morgan fingerprint density at radius 3 is 2.28 bits per heavy atom. The summed E-state index contributed by atoms with van der Waals surface area (Å²) < 4.78 is 0. The molecule has 2 unspecified atom stereocenters. The van der Waals surface area contributed by atoms with E-state index >= 15 is 0 Å². The lowest BCUT2D eigenvalue weighted by molar-refractivity contribution is -0.134. The molecule has 1 rings (SSSR count). The molecule has 104 valence electrons. The zero-order valence-corrected chi connectivity index (χ0v) is 12.7. The number of hydrogen-bond acceptors (Lipinski definition) is 2. The van der Waals surface area contributed by atoms with Crippen LogP contribution in [0.4, 0.5) is 0 Å². The summed E-state index contributed by atoms with van der Waals surface area (Å²) in [5.74, 6) is 0.531. The Kier molecular flexibility index (Phi) is 3.97. The van der Waals surface area contributed by atoms with E-state index in [1.807, 2.05) is 0 Å². The molecule has 1 aliphatic carbocycles. The Hall–Kier alpha value is -0.830. The maximum Gasteiger partial charge on any atom is 0.226 e. The first-order valence-electron chi connectivity index (χ1n) is 6.59. The molecule has 2 atom stereocenters. The highest BCUT2D eigenvalue weighted by atomic mass is 16.3. The zero-order chi connectivity index (χ0) is 14.3. The Morgan fingerprint density at radius 2 is 1.89 bits per heavy atom. The van der Waals surface area contributed by atoms with Crippen molar-refractivity contribution in [3.8, 4) is 0 Å². The van der Waals surface area contributed by atoms with Gasteiger partial charge in [0.1, 0.15) is 0 Å². The number of carbonyl (C=O) groups excluding carboxylic acids is 1. The van der Waals surface area contributed by atoms with Crippen LogP contribution in [0.2, 0.25) is 0 Å². The summed E-state index contributed by atoms with van der Waals surface area (Å²) in [6.45, 7) is 12.2. The van der Waals surface area contributed by atoms with Crippen molar-refractivity contribution in [3.63, 3.8) is 0 Å². The van der Waals surface area contributed by atoms with Crippen molar-refractivity contribution in [2.45, 2.75) is 47.1 Å². The van der Waals surface area contributed by atoms with Crippen LogP contribution in [0.15, 0.2) is 11.6 Å². The van der Waals surface area contributed by atoms with Crippen LogP contribution in [0.5, 0.6) is 0 Å². The van der Waals surface area contributed by atoms with Gasteiger partial charge in [0.15, 0.2) is 0 Å². The maximum atomic E-state index is 12.4. The molecule has 0 heterocycles. The van der Waals surface area contributed by atoms with E-state index in [4.69, 9.17) is 0 Å². The summed E-state index contributed by atoms with van der Waals surface area (Å²) in [6, 6.07) is 0. The minimum absolute atomic E-state index is 0.0439. The van der Waals surface area contributed by atoms with Gasteiger partial charge in [0.25, 0.3) is 0 Å². The lowest BCUT2D eigenvalue weighted by Crippen LogP contribution is -2.41. The Bertz CT molecular complexity index is 359. The van der Waals surface area contributed by atoms with Gasteiger partial charge in [-0.25, -0.2) is 0 Å². The normalized spacial score (nSPS) is 25.6. The van der Waals surface area contributed by atoms with Gasteiger partial charge in [-0.05, 0) is 39.0 Å². The summed E-state index contributed by atoms with van der Waals surface area (Å²) >= 11 is 0. The molecule has 0 aromatic carbocycles. The second-order valence-corrected chi connectivity index (χ2v) is 7.08. The van der Waals surface area contributed by atoms with Gasteiger partial charge in [0.05, 0.1) is 11.5 Å². The highest BCUT2D eigenvalue weighted by molar-refractivity contribution is 5.83. The van der Waals surface area contributed by atoms with E-state index in [2.05, 4.69) is 33.8 Å². The van der Waals surface area contributed by atoms with Crippen LogP contribution in [0, 0.1) is 17.3 Å². The van der Waals surface area contributed by atoms with Crippen LogP contribution < -0.4 is 0 Å². The second kappa shape index (κ2) is 4.69. The van der Waals surface area contributed by atoms with Crippen LogP contribution >= 0.6 is 0 Å². The van der Waals surface area contributed by atoms with E-state index in [0.29, 0.717) is 12.5 Å². The number of aliphatic hydroxyl groups is 1. The molecule has 0 spiro atoms. The molecule has 1 fully saturated rings. The minimum atomic E-state index is -0.838. The number of allylic oxidation sites excluding steroid dienone is 2. The Balaban J connectivity index is 2.72. The number of amides is 1. The minimum Gasteiger partial charge on any atom is -0.389 e. The van der Waals surface area contributed by atoms with Gasteiger partial charge in [-0.3, -0.25) is 4.79 Å². The summed E-state index contributed by atoms with van der Waals surface area (Å²) in [5.41, 5.74) is 0.464. The van der Waals surface area contributed by atoms with Crippen LogP contribution in [-0.2, 0) is 4.79 Å². The van der Waals surface area contributed by atoms with E-state index in [9.17, 15) is 9.90 Å². The van der Waals surface area contributed by atoms with E-state index in [1.165, 1.54) is 5.57 Å². The fraction of sp³-hybridized carbons (Fsp3) is 0.800. The average molecular weight is 253 g/mol. The molecule has 0 radical (unpaired) electrons. The first kappa shape index (κ1) is 15.2. The highest BCUT2D eigenvalue weighted by Crippen LogP contribution is 2.59. The SMILES string of the molecule is CC(C)=CC1C(C(=O)N(C)CC(C)(C)O)C1(C)C. The fourth-order valence-electron chi connectivity index (χ4n) is 2.72. The van der Waals surface area contributed by atoms with Crippen molar-refractivity contribution >= 4 is 5.91 Å². The van der Waals surface area contributed by atoms with Gasteiger partial charge >= 0.3 is 0 Å². The summed E-state index contributed by atoms with van der Waals surface area (Å²) in [5, 5.41) is 9.77. The highest BCUT2D eigenvalue weighted by Gasteiger charge is 2.61. The first-order chi connectivity index (χ1) is 7.97. The lowest BCUT2D eigenvalue weighted by Gasteiger charge is -2.26. The van der Waals surface area contributed by atoms with E-state index in [-0.39, 0.29) is 17.2 Å². The molecule has 0 saturated heterocycles. The molecule has 1 N–H and O–H groups in total. The number of nitrogens with zero attached hydrogens (tertiary/aromatic N) is 1. The zero-order valence-electron chi connectivity index (χ0n) is 12.7. The summed E-state index contributed by atoms with van der Waals surface area (Å²) in [6.07, 6.45) is 2.19. The van der Waals surface area contributed by atoms with Crippen molar-refractivity contribution in [1.82, 2.24) is 4.90 Å². The number of carbonyl (C=O) groups is 1. The van der Waals surface area contributed by atoms with Gasteiger partial charge in [-0.2, -0.15) is 0 Å². The molecule has 0 aromatic heterocycles. The molecular formula is C15H27NO2. The number of hydrogen-bond donors (Lipinski definition) is 1. The predicted octanol–water partition coefficient (Wildman–Crippen LogP) is 2.45. The van der Waals surface area contributed by atoms with Gasteiger partial charge in [-0.1, -0.05) is 25.5 Å². The van der Waals surface area contributed by atoms with E-state index < -0.39 is 5.60 Å². The van der Waals surface area contributed by atoms with E-state index in [0.717, 1.165) is 0 Å². The number of rotatable bonds is 4. The Labute approximate surface area is 111 Å². The predicted molar refractivity (Wildman–Crippen MR) is 74.1 cm³/mol. The molecule has 1 aliphatic rings. The quantitative estimate of drug-likeness (QED) is 0.782. The summed E-state index contributed by atoms with van der Waals surface area (Å²) in [4.78, 5) is 14.0. The van der Waals surface area contributed by atoms with Gasteiger partial charge < -0.3 is 10.0 Å². The van der Waals surface area contributed by atoms with Crippen molar-refractivity contribution < 1.29 is 9.90 Å². The standard InChI is InChI=1S/C15H27NO2/c1-10(2)8-11-12(15(11,5)6)13(17)16(7)9-14(3,4)18/h8,11-12,18H,9H2,1-7H3. The number of likely N-dealkylation sites (N-methyl/N-ethyl adjacent to an activating group) is 1. The van der Waals surface area contributed by atoms with Gasteiger partial charge in [-0.15, -0.1) is 0 Å². The molecule has 1 saturated carbocycles. The van der Waals surface area contributed by atoms with E-state index in [1.54, 1.807) is 25.8 Å². The van der Waals surface area contributed by atoms with Crippen LogP contribution in [0.3, 0.4) is 0 Å². The Morgan fingerprint density at radius 1 is 1.39 bits per heavy atom. The molecule has 1 amide bonds. The average Bonchev–Trinajstić information content (AvgIpc) is 2.62. The molecule has 0 aliphatic heterocycles. The third-order valence-electron chi connectivity index (χ3n) is 3.69. The third kappa shape index (κ3) is 3.35. The van der Waals surface area contributed by atoms with Gasteiger partial charge in [0, 0.05) is 13.6 Å². The topological polar surface area (TPSA) is 40.5 Å². The molecule has 3 nitrogen and oxygen atoms in total. The smallest absolute Gasteiger partial charge is 0.226 e. The molecule has 18 heavy (non-hydrogen) atoms. The fourth-order valence-corrected chi connectivity index (χ4v) is 2.72. The third-order valence-corrected chi connectivity index (χ3v) is 3.69. The largest absolute Gasteiger partial charge is 0.389 e. The molecule has 0 bridgehead atoms. The monoisotopic (exact) mass is 253 g/mol. The summed E-state index contributed by atoms with van der Waals surface area (Å²) in [7, 11) is 1.77. The van der Waals surface area contributed by atoms with Crippen molar-refractivity contribution in [3.05, 3.63) is 11.6 Å². The molecule has 0 aromatic rings. The van der Waals surface area contributed by atoms with Crippen molar-refractivity contribution in [1.29, 1.82) is 0 Å². The molecule has 3 heteroatoms. The second-order valence-electron chi connectivity index (χ2n) is 7.08. The van der Waals surface area contributed by atoms with Crippen LogP contribution in [-0.4, -0.2) is 35.1 Å². The van der Waals surface area contributed by atoms with Crippen molar-refractivity contribution in [2.75, 3.05) is 13.6 Å². The van der Waals surface area contributed by atoms with Crippen molar-refractivity contribution in [2.24, 2.45) is 17.3 Å². The van der Waals surface area contributed by atoms with Gasteiger partial charge in [0.2, 0.25) is 5.91 Å². The maximum absolute atomic E-state index is 12.4. The van der Waals surface area contributed by atoms with Crippen LogP contribution in [0.25, 0.3) is 0 Å². The van der Waals surface area contributed by atoms with Crippen LogP contribution in [0.1, 0.15) is 41.5 Å². The first-order valence-corrected chi connectivity index (χ1v) is 6.59. The lowest BCUT2D eigenvalue weighted by atomic mass is 10.1. The molecular weight excluding hydrogens is 226 g/mol.